The summed E-state index contributed by atoms with van der Waals surface area (Å²) in [6, 6.07) is 5.53. The standard InChI is InChI=1S/C16H22FN3O3.ClH/c17-13-3-5-14(6-4-13)23-12-16(22)20-10-8-19(9-11-20)15(21)2-1-7-18;/h3-6H,1-2,7-12,18H2;1H. The Hall–Kier alpha value is -1.86. The summed E-state index contributed by atoms with van der Waals surface area (Å²) in [7, 11) is 0. The minimum atomic E-state index is -0.348. The van der Waals surface area contributed by atoms with E-state index < -0.39 is 0 Å². The topological polar surface area (TPSA) is 75.9 Å². The average Bonchev–Trinajstić information content (AvgIpc) is 2.59. The number of carbonyl (C=O) groups is 2. The molecule has 1 aromatic carbocycles. The zero-order chi connectivity index (χ0) is 16.7. The molecule has 1 aliphatic heterocycles. The number of hydrogen-bond acceptors (Lipinski definition) is 4. The van der Waals surface area contributed by atoms with Crippen molar-refractivity contribution < 1.29 is 18.7 Å². The molecule has 6 nitrogen and oxygen atoms in total. The van der Waals surface area contributed by atoms with Gasteiger partial charge in [-0.15, -0.1) is 12.4 Å². The van der Waals surface area contributed by atoms with E-state index in [2.05, 4.69) is 0 Å². The van der Waals surface area contributed by atoms with Gasteiger partial charge in [-0.25, -0.2) is 4.39 Å². The minimum absolute atomic E-state index is 0. The highest BCUT2D eigenvalue weighted by molar-refractivity contribution is 5.85. The summed E-state index contributed by atoms with van der Waals surface area (Å²) < 4.78 is 18.1. The number of carbonyl (C=O) groups excluding carboxylic acids is 2. The molecule has 2 N–H and O–H groups in total. The first-order valence-electron chi connectivity index (χ1n) is 7.74. The van der Waals surface area contributed by atoms with Crippen molar-refractivity contribution in [3.8, 4) is 5.75 Å². The number of hydrogen-bond donors (Lipinski definition) is 1. The van der Waals surface area contributed by atoms with Crippen molar-refractivity contribution in [3.63, 3.8) is 0 Å². The van der Waals surface area contributed by atoms with Gasteiger partial charge in [0.2, 0.25) is 5.91 Å². The monoisotopic (exact) mass is 359 g/mol. The Balaban J connectivity index is 0.00000288. The van der Waals surface area contributed by atoms with Gasteiger partial charge in [0.05, 0.1) is 0 Å². The molecular weight excluding hydrogens is 337 g/mol. The second-order valence-corrected chi connectivity index (χ2v) is 5.40. The third-order valence-corrected chi connectivity index (χ3v) is 3.76. The Morgan fingerprint density at radius 2 is 1.58 bits per heavy atom. The van der Waals surface area contributed by atoms with Crippen LogP contribution in [0.1, 0.15) is 12.8 Å². The van der Waals surface area contributed by atoms with E-state index in [0.717, 1.165) is 0 Å². The molecule has 24 heavy (non-hydrogen) atoms. The van der Waals surface area contributed by atoms with Crippen LogP contribution in [0.4, 0.5) is 4.39 Å². The maximum absolute atomic E-state index is 12.8. The fraction of sp³-hybridized carbons (Fsp3) is 0.500. The Morgan fingerprint density at radius 1 is 1.04 bits per heavy atom. The summed E-state index contributed by atoms with van der Waals surface area (Å²) in [5, 5.41) is 0. The summed E-state index contributed by atoms with van der Waals surface area (Å²) in [4.78, 5) is 27.4. The summed E-state index contributed by atoms with van der Waals surface area (Å²) in [6.45, 7) is 2.48. The molecule has 1 heterocycles. The number of amides is 2. The van der Waals surface area contributed by atoms with Gasteiger partial charge in [0.25, 0.3) is 5.91 Å². The highest BCUT2D eigenvalue weighted by Crippen LogP contribution is 2.12. The highest BCUT2D eigenvalue weighted by atomic mass is 35.5. The molecule has 134 valence electrons. The zero-order valence-electron chi connectivity index (χ0n) is 13.4. The summed E-state index contributed by atoms with van der Waals surface area (Å²) >= 11 is 0. The van der Waals surface area contributed by atoms with E-state index in [1.807, 2.05) is 0 Å². The number of rotatable bonds is 6. The lowest BCUT2D eigenvalue weighted by atomic mass is 10.2. The highest BCUT2D eigenvalue weighted by Gasteiger charge is 2.23. The van der Waals surface area contributed by atoms with Crippen LogP contribution in [-0.4, -0.2) is 60.9 Å². The van der Waals surface area contributed by atoms with Gasteiger partial charge in [-0.1, -0.05) is 0 Å². The van der Waals surface area contributed by atoms with Crippen molar-refractivity contribution in [3.05, 3.63) is 30.1 Å². The van der Waals surface area contributed by atoms with E-state index in [1.165, 1.54) is 24.3 Å². The molecule has 1 aliphatic rings. The first-order chi connectivity index (χ1) is 11.1. The molecular formula is C16H23ClFN3O3. The van der Waals surface area contributed by atoms with Crippen molar-refractivity contribution in [1.82, 2.24) is 9.80 Å². The average molecular weight is 360 g/mol. The number of ether oxygens (including phenoxy) is 1. The van der Waals surface area contributed by atoms with Crippen LogP contribution >= 0.6 is 12.4 Å². The van der Waals surface area contributed by atoms with E-state index >= 15 is 0 Å². The minimum Gasteiger partial charge on any atom is -0.484 e. The molecule has 0 bridgehead atoms. The number of nitrogens with two attached hydrogens (primary N) is 1. The Bertz CT molecular complexity index is 534. The zero-order valence-corrected chi connectivity index (χ0v) is 14.3. The molecule has 1 aromatic rings. The van der Waals surface area contributed by atoms with Crippen LogP contribution in [0.2, 0.25) is 0 Å². The first-order valence-corrected chi connectivity index (χ1v) is 7.74. The van der Waals surface area contributed by atoms with Gasteiger partial charge in [0, 0.05) is 32.6 Å². The number of nitrogens with zero attached hydrogens (tertiary/aromatic N) is 2. The molecule has 0 atom stereocenters. The van der Waals surface area contributed by atoms with Gasteiger partial charge in [-0.05, 0) is 37.2 Å². The van der Waals surface area contributed by atoms with Crippen LogP contribution in [0.3, 0.4) is 0 Å². The molecule has 1 saturated heterocycles. The lowest BCUT2D eigenvalue weighted by Crippen LogP contribution is -2.51. The SMILES string of the molecule is Cl.NCCCC(=O)N1CCN(C(=O)COc2ccc(F)cc2)CC1. The Kier molecular flexibility index (Phi) is 8.49. The summed E-state index contributed by atoms with van der Waals surface area (Å²) in [5.74, 6) is 0.0583. The molecule has 8 heteroatoms. The predicted octanol–water partition coefficient (Wildman–Crippen LogP) is 1.04. The normalized spacial score (nSPS) is 14.1. The van der Waals surface area contributed by atoms with Crippen molar-refractivity contribution in [2.24, 2.45) is 5.73 Å². The molecule has 2 amide bonds. The third-order valence-electron chi connectivity index (χ3n) is 3.76. The summed E-state index contributed by atoms with van der Waals surface area (Å²) in [5.41, 5.74) is 5.40. The van der Waals surface area contributed by atoms with Gasteiger partial charge in [0.15, 0.2) is 6.61 Å². The molecule has 0 radical (unpaired) electrons. The maximum atomic E-state index is 12.8. The lowest BCUT2D eigenvalue weighted by Gasteiger charge is -2.34. The van der Waals surface area contributed by atoms with Crippen LogP contribution in [0.5, 0.6) is 5.75 Å². The quantitative estimate of drug-likeness (QED) is 0.823. The van der Waals surface area contributed by atoms with Crippen LogP contribution in [-0.2, 0) is 9.59 Å². The maximum Gasteiger partial charge on any atom is 0.260 e. The van der Waals surface area contributed by atoms with Crippen molar-refractivity contribution in [1.29, 1.82) is 0 Å². The van der Waals surface area contributed by atoms with Gasteiger partial charge in [-0.3, -0.25) is 9.59 Å². The number of piperazine rings is 1. The van der Waals surface area contributed by atoms with E-state index in [9.17, 15) is 14.0 Å². The second-order valence-electron chi connectivity index (χ2n) is 5.40. The van der Waals surface area contributed by atoms with E-state index in [0.29, 0.717) is 51.3 Å². The van der Waals surface area contributed by atoms with Gasteiger partial charge < -0.3 is 20.3 Å². The number of halogens is 2. The van der Waals surface area contributed by atoms with Crippen molar-refractivity contribution >= 4 is 24.2 Å². The molecule has 0 aromatic heterocycles. The lowest BCUT2D eigenvalue weighted by molar-refractivity contribution is -0.140. The molecule has 1 fully saturated rings. The van der Waals surface area contributed by atoms with Crippen LogP contribution in [0, 0.1) is 5.82 Å². The van der Waals surface area contributed by atoms with Crippen LogP contribution in [0.25, 0.3) is 0 Å². The third kappa shape index (κ3) is 5.98. The van der Waals surface area contributed by atoms with Crippen molar-refractivity contribution in [2.45, 2.75) is 12.8 Å². The van der Waals surface area contributed by atoms with Gasteiger partial charge in [0.1, 0.15) is 11.6 Å². The smallest absolute Gasteiger partial charge is 0.260 e. The predicted molar refractivity (Wildman–Crippen MR) is 90.6 cm³/mol. The Morgan fingerprint density at radius 3 is 2.12 bits per heavy atom. The van der Waals surface area contributed by atoms with Crippen LogP contribution < -0.4 is 10.5 Å². The van der Waals surface area contributed by atoms with E-state index in [4.69, 9.17) is 10.5 Å². The van der Waals surface area contributed by atoms with E-state index in [-0.39, 0.29) is 36.6 Å². The molecule has 0 aliphatic carbocycles. The number of benzene rings is 1. The molecule has 0 saturated carbocycles. The molecule has 2 rings (SSSR count). The molecule has 0 unspecified atom stereocenters. The Labute approximate surface area is 147 Å². The first kappa shape index (κ1) is 20.2. The fourth-order valence-electron chi connectivity index (χ4n) is 2.38. The van der Waals surface area contributed by atoms with Crippen LogP contribution in [0.15, 0.2) is 24.3 Å². The second kappa shape index (κ2) is 10.1. The summed E-state index contributed by atoms with van der Waals surface area (Å²) in [6.07, 6.45) is 1.14. The van der Waals surface area contributed by atoms with Gasteiger partial charge >= 0.3 is 0 Å². The van der Waals surface area contributed by atoms with Gasteiger partial charge in [-0.2, -0.15) is 0 Å². The van der Waals surface area contributed by atoms with Crippen molar-refractivity contribution in [2.75, 3.05) is 39.3 Å². The molecule has 0 spiro atoms. The van der Waals surface area contributed by atoms with E-state index in [1.54, 1.807) is 9.80 Å². The largest absolute Gasteiger partial charge is 0.484 e. The fourth-order valence-corrected chi connectivity index (χ4v) is 2.38.